The summed E-state index contributed by atoms with van der Waals surface area (Å²) in [7, 11) is 1.91. The molecular weight excluding hydrogens is 217 g/mol. The number of nitrogens with zero attached hydrogens (tertiary/aromatic N) is 2. The summed E-state index contributed by atoms with van der Waals surface area (Å²) in [5, 5.41) is 7.48. The van der Waals surface area contributed by atoms with E-state index in [2.05, 4.69) is 17.3 Å². The molecule has 1 heterocycles. The normalized spacial score (nSPS) is 10.8. The summed E-state index contributed by atoms with van der Waals surface area (Å²) in [4.78, 5) is 0. The molecule has 0 aliphatic rings. The molecule has 1 aromatic carbocycles. The summed E-state index contributed by atoms with van der Waals surface area (Å²) in [6.45, 7) is 2.89. The zero-order valence-electron chi connectivity index (χ0n) is 10.1. The van der Waals surface area contributed by atoms with Crippen molar-refractivity contribution in [2.45, 2.75) is 19.9 Å². The van der Waals surface area contributed by atoms with E-state index in [-0.39, 0.29) is 5.82 Å². The maximum atomic E-state index is 12.9. The van der Waals surface area contributed by atoms with Crippen molar-refractivity contribution in [2.24, 2.45) is 0 Å². The van der Waals surface area contributed by atoms with Crippen molar-refractivity contribution >= 4 is 0 Å². The van der Waals surface area contributed by atoms with Crippen LogP contribution < -0.4 is 5.32 Å². The fourth-order valence-electron chi connectivity index (χ4n) is 1.93. The minimum Gasteiger partial charge on any atom is -0.316 e. The van der Waals surface area contributed by atoms with Crippen molar-refractivity contribution in [3.05, 3.63) is 47.5 Å². The SMILES string of the molecule is CCc1c(CNC)cnn1-c1ccc(F)cc1. The van der Waals surface area contributed by atoms with Crippen LogP contribution in [0.4, 0.5) is 4.39 Å². The van der Waals surface area contributed by atoms with E-state index < -0.39 is 0 Å². The van der Waals surface area contributed by atoms with Crippen LogP contribution in [-0.4, -0.2) is 16.8 Å². The van der Waals surface area contributed by atoms with Gasteiger partial charge >= 0.3 is 0 Å². The molecule has 3 nitrogen and oxygen atoms in total. The summed E-state index contributed by atoms with van der Waals surface area (Å²) in [6, 6.07) is 6.39. The van der Waals surface area contributed by atoms with Gasteiger partial charge in [0, 0.05) is 17.8 Å². The molecule has 0 saturated carbocycles. The smallest absolute Gasteiger partial charge is 0.123 e. The minimum atomic E-state index is -0.227. The number of nitrogens with one attached hydrogen (secondary N) is 1. The van der Waals surface area contributed by atoms with Crippen molar-refractivity contribution in [1.29, 1.82) is 0 Å². The monoisotopic (exact) mass is 233 g/mol. The third kappa shape index (κ3) is 2.36. The Morgan fingerprint density at radius 3 is 2.59 bits per heavy atom. The molecular formula is C13H16FN3. The molecule has 0 saturated heterocycles. The molecule has 0 bridgehead atoms. The lowest BCUT2D eigenvalue weighted by molar-refractivity contribution is 0.626. The van der Waals surface area contributed by atoms with Crippen molar-refractivity contribution in [3.63, 3.8) is 0 Å². The first kappa shape index (κ1) is 11.8. The van der Waals surface area contributed by atoms with Crippen LogP contribution in [0.3, 0.4) is 0 Å². The summed E-state index contributed by atoms with van der Waals surface area (Å²) in [5.41, 5.74) is 3.23. The van der Waals surface area contributed by atoms with Crippen LogP contribution in [0.25, 0.3) is 5.69 Å². The van der Waals surface area contributed by atoms with E-state index in [1.165, 1.54) is 17.7 Å². The highest BCUT2D eigenvalue weighted by molar-refractivity contribution is 5.35. The molecule has 0 fully saturated rings. The quantitative estimate of drug-likeness (QED) is 0.878. The number of hydrogen-bond acceptors (Lipinski definition) is 2. The van der Waals surface area contributed by atoms with Gasteiger partial charge in [-0.1, -0.05) is 6.92 Å². The number of benzene rings is 1. The Morgan fingerprint density at radius 2 is 2.00 bits per heavy atom. The first-order valence-electron chi connectivity index (χ1n) is 5.72. The molecule has 0 unspecified atom stereocenters. The van der Waals surface area contributed by atoms with E-state index in [4.69, 9.17) is 0 Å². The van der Waals surface area contributed by atoms with Crippen LogP contribution in [0.1, 0.15) is 18.2 Å². The van der Waals surface area contributed by atoms with Gasteiger partial charge in [0.05, 0.1) is 11.9 Å². The van der Waals surface area contributed by atoms with Gasteiger partial charge in [-0.05, 0) is 37.7 Å². The van der Waals surface area contributed by atoms with E-state index in [9.17, 15) is 4.39 Å². The fraction of sp³-hybridized carbons (Fsp3) is 0.308. The number of hydrogen-bond donors (Lipinski definition) is 1. The Bertz CT molecular complexity index is 488. The van der Waals surface area contributed by atoms with Gasteiger partial charge in [-0.2, -0.15) is 5.10 Å². The molecule has 0 radical (unpaired) electrons. The predicted octanol–water partition coefficient (Wildman–Crippen LogP) is 2.29. The Labute approximate surface area is 100 Å². The fourth-order valence-corrected chi connectivity index (χ4v) is 1.93. The maximum Gasteiger partial charge on any atom is 0.123 e. The zero-order chi connectivity index (χ0) is 12.3. The van der Waals surface area contributed by atoms with E-state index in [1.54, 1.807) is 12.1 Å². The molecule has 1 aromatic heterocycles. The molecule has 0 amide bonds. The van der Waals surface area contributed by atoms with Crippen LogP contribution in [0.5, 0.6) is 0 Å². The second kappa shape index (κ2) is 5.10. The van der Waals surface area contributed by atoms with Gasteiger partial charge in [-0.15, -0.1) is 0 Å². The lowest BCUT2D eigenvalue weighted by Gasteiger charge is -2.07. The van der Waals surface area contributed by atoms with Crippen molar-refractivity contribution < 1.29 is 4.39 Å². The van der Waals surface area contributed by atoms with E-state index >= 15 is 0 Å². The van der Waals surface area contributed by atoms with E-state index in [1.807, 2.05) is 17.9 Å². The lowest BCUT2D eigenvalue weighted by atomic mass is 10.2. The first-order chi connectivity index (χ1) is 8.26. The van der Waals surface area contributed by atoms with E-state index in [0.717, 1.165) is 24.3 Å². The molecule has 0 aliphatic carbocycles. The Kier molecular flexibility index (Phi) is 3.54. The lowest BCUT2D eigenvalue weighted by Crippen LogP contribution is -2.08. The summed E-state index contributed by atoms with van der Waals surface area (Å²) in [5.74, 6) is -0.227. The van der Waals surface area contributed by atoms with Gasteiger partial charge in [0.25, 0.3) is 0 Å². The summed E-state index contributed by atoms with van der Waals surface area (Å²) in [6.07, 6.45) is 2.76. The van der Waals surface area contributed by atoms with Crippen LogP contribution >= 0.6 is 0 Å². The van der Waals surface area contributed by atoms with Gasteiger partial charge in [0.15, 0.2) is 0 Å². The second-order valence-electron chi connectivity index (χ2n) is 3.89. The molecule has 4 heteroatoms. The van der Waals surface area contributed by atoms with Crippen molar-refractivity contribution in [2.75, 3.05) is 7.05 Å². The summed E-state index contributed by atoms with van der Waals surface area (Å²) >= 11 is 0. The second-order valence-corrected chi connectivity index (χ2v) is 3.89. The van der Waals surface area contributed by atoms with Gasteiger partial charge in [0.1, 0.15) is 5.82 Å². The highest BCUT2D eigenvalue weighted by Gasteiger charge is 2.09. The molecule has 17 heavy (non-hydrogen) atoms. The van der Waals surface area contributed by atoms with Gasteiger partial charge in [0.2, 0.25) is 0 Å². The van der Waals surface area contributed by atoms with Crippen molar-refractivity contribution in [1.82, 2.24) is 15.1 Å². The molecule has 0 aliphatic heterocycles. The molecule has 90 valence electrons. The molecule has 0 spiro atoms. The molecule has 2 aromatic rings. The third-order valence-corrected chi connectivity index (χ3v) is 2.73. The van der Waals surface area contributed by atoms with E-state index in [0.29, 0.717) is 0 Å². The Morgan fingerprint density at radius 1 is 1.29 bits per heavy atom. The van der Waals surface area contributed by atoms with Gasteiger partial charge in [-0.25, -0.2) is 9.07 Å². The van der Waals surface area contributed by atoms with Crippen LogP contribution in [-0.2, 0) is 13.0 Å². The first-order valence-corrected chi connectivity index (χ1v) is 5.72. The maximum absolute atomic E-state index is 12.9. The zero-order valence-corrected chi connectivity index (χ0v) is 10.1. The Hall–Kier alpha value is -1.68. The van der Waals surface area contributed by atoms with Gasteiger partial charge < -0.3 is 5.32 Å². The van der Waals surface area contributed by atoms with Crippen LogP contribution in [0.15, 0.2) is 30.5 Å². The van der Waals surface area contributed by atoms with Crippen LogP contribution in [0.2, 0.25) is 0 Å². The minimum absolute atomic E-state index is 0.227. The standard InChI is InChI=1S/C13H16FN3/c1-3-13-10(8-15-2)9-16-17(13)12-6-4-11(14)5-7-12/h4-7,9,15H,3,8H2,1-2H3. The Balaban J connectivity index is 2.41. The average molecular weight is 233 g/mol. The third-order valence-electron chi connectivity index (χ3n) is 2.73. The predicted molar refractivity (Wildman–Crippen MR) is 65.7 cm³/mol. The van der Waals surface area contributed by atoms with Crippen molar-refractivity contribution in [3.8, 4) is 5.69 Å². The topological polar surface area (TPSA) is 29.9 Å². The van der Waals surface area contributed by atoms with Crippen LogP contribution in [0, 0.1) is 5.82 Å². The highest BCUT2D eigenvalue weighted by Crippen LogP contribution is 2.16. The van der Waals surface area contributed by atoms with Gasteiger partial charge in [-0.3, -0.25) is 0 Å². The largest absolute Gasteiger partial charge is 0.316 e. The molecule has 1 N–H and O–H groups in total. The molecule has 0 atom stereocenters. The molecule has 2 rings (SSSR count). The number of aromatic nitrogens is 2. The highest BCUT2D eigenvalue weighted by atomic mass is 19.1. The average Bonchev–Trinajstić information content (AvgIpc) is 2.73. The number of rotatable bonds is 4. The summed E-state index contributed by atoms with van der Waals surface area (Å²) < 4.78 is 14.7. The number of halogens is 1.